The van der Waals surface area contributed by atoms with E-state index >= 15 is 0 Å². The molecule has 0 saturated carbocycles. The number of nitrogens with zero attached hydrogens (tertiary/aromatic N) is 3. The molecule has 2 rings (SSSR count). The van der Waals surface area contributed by atoms with E-state index in [1.165, 1.54) is 7.11 Å². The zero-order valence-corrected chi connectivity index (χ0v) is 13.2. The smallest absolute Gasteiger partial charge is 0.345 e. The van der Waals surface area contributed by atoms with Crippen molar-refractivity contribution in [2.75, 3.05) is 30.8 Å². The van der Waals surface area contributed by atoms with Crippen molar-refractivity contribution in [1.82, 2.24) is 9.78 Å². The lowest BCUT2D eigenvalue weighted by Gasteiger charge is -2.30. The zero-order valence-electron chi connectivity index (χ0n) is 13.2. The molecule has 4 N–H and O–H groups in total. The van der Waals surface area contributed by atoms with Crippen LogP contribution in [0.25, 0.3) is 0 Å². The minimum atomic E-state index is -0.451. The quantitative estimate of drug-likeness (QED) is 0.788. The van der Waals surface area contributed by atoms with Gasteiger partial charge in [-0.15, -0.1) is 0 Å². The number of nitrogen functional groups attached to an aromatic ring is 1. The molecule has 1 saturated heterocycles. The molecule has 1 aromatic rings. The predicted molar refractivity (Wildman–Crippen MR) is 82.4 cm³/mol. The van der Waals surface area contributed by atoms with Crippen LogP contribution in [0.15, 0.2) is 0 Å². The number of anilines is 2. The molecule has 0 aliphatic carbocycles. The molecule has 21 heavy (non-hydrogen) atoms. The number of carbonyl (C=O) groups excluding carboxylic acids is 1. The minimum Gasteiger partial charge on any atom is -0.465 e. The number of rotatable bonds is 2. The monoisotopic (exact) mass is 295 g/mol. The number of hydrogen-bond donors (Lipinski definition) is 2. The number of piperidine rings is 1. The van der Waals surface area contributed by atoms with E-state index in [1.807, 2.05) is 20.8 Å². The molecule has 1 aromatic heterocycles. The van der Waals surface area contributed by atoms with Gasteiger partial charge >= 0.3 is 5.97 Å². The van der Waals surface area contributed by atoms with Crippen LogP contribution < -0.4 is 16.4 Å². The van der Waals surface area contributed by atoms with E-state index in [9.17, 15) is 4.79 Å². The molecule has 1 aliphatic rings. The van der Waals surface area contributed by atoms with Crippen molar-refractivity contribution in [1.29, 1.82) is 0 Å². The summed E-state index contributed by atoms with van der Waals surface area (Å²) in [5.74, 6) is 0.494. The molecule has 0 bridgehead atoms. The van der Waals surface area contributed by atoms with Gasteiger partial charge in [0, 0.05) is 19.1 Å². The Hall–Kier alpha value is -1.76. The van der Waals surface area contributed by atoms with Crippen LogP contribution in [0.2, 0.25) is 0 Å². The van der Waals surface area contributed by atoms with Gasteiger partial charge in [0.2, 0.25) is 0 Å². The number of aromatic nitrogens is 2. The summed E-state index contributed by atoms with van der Waals surface area (Å²) in [5.41, 5.74) is 12.1. The molecule has 0 radical (unpaired) electrons. The SMILES string of the molecule is COC(=O)c1c(N2CCC(N)CC2)nn(C(C)(C)C)c1N. The second-order valence-electron chi connectivity index (χ2n) is 6.48. The summed E-state index contributed by atoms with van der Waals surface area (Å²) in [4.78, 5) is 14.2. The van der Waals surface area contributed by atoms with Gasteiger partial charge in [0.15, 0.2) is 5.82 Å². The summed E-state index contributed by atoms with van der Waals surface area (Å²) in [5, 5.41) is 4.57. The van der Waals surface area contributed by atoms with Gasteiger partial charge in [-0.1, -0.05) is 0 Å². The number of carbonyl (C=O) groups is 1. The maximum atomic E-state index is 12.1. The maximum absolute atomic E-state index is 12.1. The van der Waals surface area contributed by atoms with E-state index in [0.717, 1.165) is 25.9 Å². The highest BCUT2D eigenvalue weighted by molar-refractivity contribution is 5.99. The fraction of sp³-hybridized carbons (Fsp3) is 0.714. The molecule has 0 atom stereocenters. The summed E-state index contributed by atoms with van der Waals surface area (Å²) >= 11 is 0. The van der Waals surface area contributed by atoms with Gasteiger partial charge < -0.3 is 21.1 Å². The van der Waals surface area contributed by atoms with Crippen LogP contribution in [-0.2, 0) is 10.3 Å². The van der Waals surface area contributed by atoms with E-state index in [0.29, 0.717) is 17.2 Å². The largest absolute Gasteiger partial charge is 0.465 e. The third-order valence-electron chi connectivity index (χ3n) is 3.77. The van der Waals surface area contributed by atoms with E-state index in [4.69, 9.17) is 16.2 Å². The zero-order chi connectivity index (χ0) is 15.8. The van der Waals surface area contributed by atoms with Crippen LogP contribution >= 0.6 is 0 Å². The number of hydrogen-bond acceptors (Lipinski definition) is 6. The molecule has 7 heteroatoms. The Labute approximate surface area is 125 Å². The number of methoxy groups -OCH3 is 1. The lowest BCUT2D eigenvalue weighted by atomic mass is 10.1. The standard InChI is InChI=1S/C14H25N5O2/c1-14(2,3)19-11(16)10(13(20)21-4)12(17-19)18-7-5-9(15)6-8-18/h9H,5-8,15-16H2,1-4H3. The molecular weight excluding hydrogens is 270 g/mol. The molecular formula is C14H25N5O2. The van der Waals surface area contributed by atoms with Crippen molar-refractivity contribution >= 4 is 17.6 Å². The topological polar surface area (TPSA) is 99.4 Å². The van der Waals surface area contributed by atoms with Gasteiger partial charge in [-0.3, -0.25) is 0 Å². The van der Waals surface area contributed by atoms with E-state index in [1.54, 1.807) is 4.68 Å². The average molecular weight is 295 g/mol. The fourth-order valence-corrected chi connectivity index (χ4v) is 2.56. The van der Waals surface area contributed by atoms with Crippen LogP contribution in [0.4, 0.5) is 11.6 Å². The van der Waals surface area contributed by atoms with Crippen LogP contribution in [0, 0.1) is 0 Å². The van der Waals surface area contributed by atoms with Gasteiger partial charge in [0.25, 0.3) is 0 Å². The molecule has 0 spiro atoms. The fourth-order valence-electron chi connectivity index (χ4n) is 2.56. The van der Waals surface area contributed by atoms with Crippen molar-refractivity contribution in [3.8, 4) is 0 Å². The Bertz CT molecular complexity index is 524. The van der Waals surface area contributed by atoms with Crippen molar-refractivity contribution < 1.29 is 9.53 Å². The minimum absolute atomic E-state index is 0.213. The van der Waals surface area contributed by atoms with Crippen molar-refractivity contribution in [2.45, 2.75) is 45.2 Å². The Balaban J connectivity index is 2.46. The summed E-state index contributed by atoms with van der Waals surface area (Å²) in [6.45, 7) is 7.52. The van der Waals surface area contributed by atoms with Crippen LogP contribution in [0.5, 0.6) is 0 Å². The molecule has 7 nitrogen and oxygen atoms in total. The highest BCUT2D eigenvalue weighted by Crippen LogP contribution is 2.31. The second-order valence-corrected chi connectivity index (χ2v) is 6.48. The Morgan fingerprint density at radius 3 is 2.38 bits per heavy atom. The van der Waals surface area contributed by atoms with E-state index in [2.05, 4.69) is 10.00 Å². The first kappa shape index (κ1) is 15.6. The Kier molecular flexibility index (Phi) is 4.13. The second kappa shape index (κ2) is 5.55. The van der Waals surface area contributed by atoms with E-state index < -0.39 is 5.97 Å². The highest BCUT2D eigenvalue weighted by Gasteiger charge is 2.31. The third kappa shape index (κ3) is 2.97. The average Bonchev–Trinajstić information content (AvgIpc) is 2.76. The van der Waals surface area contributed by atoms with Crippen LogP contribution in [0.3, 0.4) is 0 Å². The van der Waals surface area contributed by atoms with Crippen molar-refractivity contribution in [2.24, 2.45) is 5.73 Å². The van der Waals surface area contributed by atoms with Crippen LogP contribution in [0.1, 0.15) is 44.0 Å². The van der Waals surface area contributed by atoms with Gasteiger partial charge in [-0.05, 0) is 33.6 Å². The van der Waals surface area contributed by atoms with E-state index in [-0.39, 0.29) is 11.6 Å². The summed E-state index contributed by atoms with van der Waals surface area (Å²) in [7, 11) is 1.35. The van der Waals surface area contributed by atoms with Gasteiger partial charge in [-0.2, -0.15) is 5.10 Å². The summed E-state index contributed by atoms with van der Waals surface area (Å²) in [6.07, 6.45) is 1.76. The first-order chi connectivity index (χ1) is 9.75. The number of nitrogens with two attached hydrogens (primary N) is 2. The first-order valence-electron chi connectivity index (χ1n) is 7.23. The Morgan fingerprint density at radius 2 is 1.90 bits per heavy atom. The summed E-state index contributed by atoms with van der Waals surface area (Å²) in [6, 6.07) is 0.213. The Morgan fingerprint density at radius 1 is 1.33 bits per heavy atom. The highest BCUT2D eigenvalue weighted by atomic mass is 16.5. The first-order valence-corrected chi connectivity index (χ1v) is 7.23. The lowest BCUT2D eigenvalue weighted by molar-refractivity contribution is 0.0602. The number of esters is 1. The summed E-state index contributed by atoms with van der Waals surface area (Å²) < 4.78 is 6.56. The third-order valence-corrected chi connectivity index (χ3v) is 3.77. The van der Waals surface area contributed by atoms with Gasteiger partial charge in [0.05, 0.1) is 12.6 Å². The predicted octanol–water partition coefficient (Wildman–Crippen LogP) is 0.934. The maximum Gasteiger partial charge on any atom is 0.345 e. The van der Waals surface area contributed by atoms with Gasteiger partial charge in [-0.25, -0.2) is 9.48 Å². The molecule has 0 unspecified atom stereocenters. The van der Waals surface area contributed by atoms with Crippen molar-refractivity contribution in [3.05, 3.63) is 5.56 Å². The molecule has 2 heterocycles. The van der Waals surface area contributed by atoms with Crippen LogP contribution in [-0.4, -0.2) is 42.0 Å². The molecule has 0 amide bonds. The lowest BCUT2D eigenvalue weighted by Crippen LogP contribution is -2.40. The molecule has 1 fully saturated rings. The molecule has 1 aliphatic heterocycles. The number of ether oxygens (including phenoxy) is 1. The molecule has 118 valence electrons. The normalized spacial score (nSPS) is 17.1. The van der Waals surface area contributed by atoms with Gasteiger partial charge in [0.1, 0.15) is 11.4 Å². The molecule has 0 aromatic carbocycles. The van der Waals surface area contributed by atoms with Crippen molar-refractivity contribution in [3.63, 3.8) is 0 Å².